The number of nitrogens with two attached hydrogens (primary N) is 1. The van der Waals surface area contributed by atoms with Gasteiger partial charge in [0.25, 0.3) is 0 Å². The van der Waals surface area contributed by atoms with Gasteiger partial charge in [-0.3, -0.25) is 4.79 Å². The van der Waals surface area contributed by atoms with Gasteiger partial charge in [-0.2, -0.15) is 0 Å². The molecule has 4 heteroatoms. The molecule has 0 unspecified atom stereocenters. The fourth-order valence-electron chi connectivity index (χ4n) is 1.38. The summed E-state index contributed by atoms with van der Waals surface area (Å²) >= 11 is 0. The van der Waals surface area contributed by atoms with Gasteiger partial charge in [-0.25, -0.2) is 0 Å². The molecule has 2 rings (SSSR count). The van der Waals surface area contributed by atoms with Crippen LogP contribution in [0.3, 0.4) is 0 Å². The topological polar surface area (TPSA) is 64.8 Å². The van der Waals surface area contributed by atoms with Gasteiger partial charge in [-0.05, 0) is 17.7 Å². The maximum Gasteiger partial charge on any atom is 0.249 e. The van der Waals surface area contributed by atoms with Crippen LogP contribution in [0.5, 0.6) is 5.75 Å². The van der Waals surface area contributed by atoms with E-state index in [0.717, 1.165) is 11.3 Å². The van der Waals surface area contributed by atoms with Gasteiger partial charge in [0.15, 0.2) is 6.10 Å². The highest BCUT2D eigenvalue weighted by atomic mass is 16.6. The Labute approximate surface area is 81.6 Å². The van der Waals surface area contributed by atoms with Crippen molar-refractivity contribution in [2.75, 3.05) is 7.11 Å². The van der Waals surface area contributed by atoms with Crippen molar-refractivity contribution >= 4 is 5.91 Å². The van der Waals surface area contributed by atoms with Crippen LogP contribution in [0.1, 0.15) is 11.7 Å². The van der Waals surface area contributed by atoms with E-state index >= 15 is 0 Å². The van der Waals surface area contributed by atoms with E-state index in [1.165, 1.54) is 0 Å². The van der Waals surface area contributed by atoms with Crippen molar-refractivity contribution in [1.82, 2.24) is 0 Å². The molecule has 2 atom stereocenters. The average Bonchev–Trinajstić information content (AvgIpc) is 2.97. The number of hydrogen-bond donors (Lipinski definition) is 1. The van der Waals surface area contributed by atoms with Crippen molar-refractivity contribution in [3.63, 3.8) is 0 Å². The molecule has 4 nitrogen and oxygen atoms in total. The van der Waals surface area contributed by atoms with E-state index in [0.29, 0.717) is 0 Å². The standard InChI is InChI=1S/C10H11NO3/c1-13-7-4-2-6(3-5-7)8-9(14-8)10(11)12/h2-5,8-9H,1H3,(H2,11,12)/t8-,9-/m1/s1. The van der Waals surface area contributed by atoms with Crippen molar-refractivity contribution in [3.05, 3.63) is 29.8 Å². The van der Waals surface area contributed by atoms with Crippen LogP contribution in [0.4, 0.5) is 0 Å². The fourth-order valence-corrected chi connectivity index (χ4v) is 1.38. The summed E-state index contributed by atoms with van der Waals surface area (Å²) in [6.45, 7) is 0. The van der Waals surface area contributed by atoms with E-state index in [9.17, 15) is 4.79 Å². The molecule has 2 N–H and O–H groups in total. The van der Waals surface area contributed by atoms with Crippen molar-refractivity contribution < 1.29 is 14.3 Å². The molecule has 14 heavy (non-hydrogen) atoms. The largest absolute Gasteiger partial charge is 0.497 e. The van der Waals surface area contributed by atoms with Gasteiger partial charge in [0.1, 0.15) is 11.9 Å². The van der Waals surface area contributed by atoms with Gasteiger partial charge in [-0.1, -0.05) is 12.1 Å². The van der Waals surface area contributed by atoms with Gasteiger partial charge >= 0.3 is 0 Å². The lowest BCUT2D eigenvalue weighted by Crippen LogP contribution is -2.18. The van der Waals surface area contributed by atoms with Gasteiger partial charge in [-0.15, -0.1) is 0 Å². The van der Waals surface area contributed by atoms with E-state index in [1.807, 2.05) is 24.3 Å². The second-order valence-corrected chi connectivity index (χ2v) is 3.15. The number of epoxide rings is 1. The quantitative estimate of drug-likeness (QED) is 0.715. The second kappa shape index (κ2) is 3.31. The zero-order valence-corrected chi connectivity index (χ0v) is 7.77. The van der Waals surface area contributed by atoms with E-state index in [-0.39, 0.29) is 6.10 Å². The minimum absolute atomic E-state index is 0.168. The van der Waals surface area contributed by atoms with E-state index in [1.54, 1.807) is 7.11 Å². The predicted octanol–water partition coefficient (Wildman–Crippen LogP) is 0.620. The van der Waals surface area contributed by atoms with Gasteiger partial charge in [0.2, 0.25) is 5.91 Å². The van der Waals surface area contributed by atoms with Crippen molar-refractivity contribution in [2.45, 2.75) is 12.2 Å². The molecule has 1 amide bonds. The molecule has 0 spiro atoms. The fraction of sp³-hybridized carbons (Fsp3) is 0.300. The van der Waals surface area contributed by atoms with Crippen LogP contribution in [0.2, 0.25) is 0 Å². The first-order valence-corrected chi connectivity index (χ1v) is 4.31. The van der Waals surface area contributed by atoms with Crippen molar-refractivity contribution in [2.24, 2.45) is 5.73 Å². The molecule has 0 bridgehead atoms. The molecule has 1 fully saturated rings. The number of carbonyl (C=O) groups excluding carboxylic acids is 1. The van der Waals surface area contributed by atoms with Crippen molar-refractivity contribution in [3.8, 4) is 5.75 Å². The molecular formula is C10H11NO3. The molecule has 1 saturated heterocycles. The summed E-state index contributed by atoms with van der Waals surface area (Å²) in [6.07, 6.45) is -0.623. The zero-order chi connectivity index (χ0) is 10.1. The average molecular weight is 193 g/mol. The van der Waals surface area contributed by atoms with Crippen LogP contribution in [0.15, 0.2) is 24.3 Å². The van der Waals surface area contributed by atoms with Crippen LogP contribution in [0, 0.1) is 0 Å². The SMILES string of the molecule is COc1ccc([C@H]2O[C@H]2C(N)=O)cc1. The van der Waals surface area contributed by atoms with Gasteiger partial charge in [0, 0.05) is 0 Å². The summed E-state index contributed by atoms with van der Waals surface area (Å²) in [5, 5.41) is 0. The van der Waals surface area contributed by atoms with Crippen LogP contribution in [-0.2, 0) is 9.53 Å². The summed E-state index contributed by atoms with van der Waals surface area (Å²) in [5.41, 5.74) is 6.05. The Kier molecular flexibility index (Phi) is 2.13. The molecule has 1 aromatic carbocycles. The molecule has 74 valence electrons. The summed E-state index contributed by atoms with van der Waals surface area (Å²) in [6, 6.07) is 7.39. The van der Waals surface area contributed by atoms with E-state index in [2.05, 4.69) is 0 Å². The van der Waals surface area contributed by atoms with Crippen LogP contribution < -0.4 is 10.5 Å². The Morgan fingerprint density at radius 1 is 1.43 bits per heavy atom. The number of primary amides is 1. The normalized spacial score (nSPS) is 24.4. The number of benzene rings is 1. The minimum atomic E-state index is -0.455. The highest BCUT2D eigenvalue weighted by molar-refractivity contribution is 5.82. The summed E-state index contributed by atoms with van der Waals surface area (Å²) in [4.78, 5) is 10.7. The van der Waals surface area contributed by atoms with Crippen LogP contribution >= 0.6 is 0 Å². The number of ether oxygens (including phenoxy) is 2. The van der Waals surface area contributed by atoms with Gasteiger partial charge in [0.05, 0.1) is 7.11 Å². The highest BCUT2D eigenvalue weighted by Crippen LogP contribution is 2.38. The Bertz CT molecular complexity index is 347. The summed E-state index contributed by atoms with van der Waals surface area (Å²) in [5.74, 6) is 0.371. The Balaban J connectivity index is 2.08. The number of hydrogen-bond acceptors (Lipinski definition) is 3. The third kappa shape index (κ3) is 1.56. The number of methoxy groups -OCH3 is 1. The molecule has 0 radical (unpaired) electrons. The third-order valence-corrected chi connectivity index (χ3v) is 2.22. The van der Waals surface area contributed by atoms with Gasteiger partial charge < -0.3 is 15.2 Å². The maximum atomic E-state index is 10.7. The molecule has 1 aliphatic rings. The molecule has 0 saturated carbocycles. The smallest absolute Gasteiger partial charge is 0.249 e. The number of rotatable bonds is 3. The van der Waals surface area contributed by atoms with E-state index < -0.39 is 12.0 Å². The Morgan fingerprint density at radius 2 is 2.07 bits per heavy atom. The lowest BCUT2D eigenvalue weighted by atomic mass is 10.1. The minimum Gasteiger partial charge on any atom is -0.497 e. The maximum absolute atomic E-state index is 10.7. The lowest BCUT2D eigenvalue weighted by Gasteiger charge is -1.99. The number of amides is 1. The lowest BCUT2D eigenvalue weighted by molar-refractivity contribution is -0.119. The molecule has 1 heterocycles. The molecule has 0 aromatic heterocycles. The van der Waals surface area contributed by atoms with Crippen LogP contribution in [0.25, 0.3) is 0 Å². The van der Waals surface area contributed by atoms with E-state index in [4.69, 9.17) is 15.2 Å². The monoisotopic (exact) mass is 193 g/mol. The molecular weight excluding hydrogens is 182 g/mol. The molecule has 0 aliphatic carbocycles. The first-order valence-electron chi connectivity index (χ1n) is 4.31. The second-order valence-electron chi connectivity index (χ2n) is 3.15. The first-order chi connectivity index (χ1) is 6.72. The summed E-state index contributed by atoms with van der Waals surface area (Å²) in [7, 11) is 1.61. The van der Waals surface area contributed by atoms with Crippen molar-refractivity contribution in [1.29, 1.82) is 0 Å². The summed E-state index contributed by atoms with van der Waals surface area (Å²) < 4.78 is 10.1. The zero-order valence-electron chi connectivity index (χ0n) is 7.77. The predicted molar refractivity (Wildman–Crippen MR) is 49.8 cm³/mol. The Hall–Kier alpha value is -1.55. The first kappa shape index (κ1) is 9.02. The third-order valence-electron chi connectivity index (χ3n) is 2.22. The number of carbonyl (C=O) groups is 1. The highest BCUT2D eigenvalue weighted by Gasteiger charge is 2.44. The molecule has 1 aromatic rings. The molecule has 1 aliphatic heterocycles. The van der Waals surface area contributed by atoms with Crippen LogP contribution in [-0.4, -0.2) is 19.1 Å². The Morgan fingerprint density at radius 3 is 2.50 bits per heavy atom.